The minimum absolute atomic E-state index is 0.0724. The molecule has 5 heteroatoms. The van der Waals surface area contributed by atoms with Crippen LogP contribution in [0.15, 0.2) is 24.3 Å². The molecule has 1 N–H and O–H groups in total. The molecular formula is C17H24FNO2S. The van der Waals surface area contributed by atoms with Crippen molar-refractivity contribution in [2.45, 2.75) is 31.6 Å². The Bertz CT molecular complexity index is 489. The van der Waals surface area contributed by atoms with Crippen molar-refractivity contribution in [2.24, 2.45) is 0 Å². The van der Waals surface area contributed by atoms with Gasteiger partial charge >= 0.3 is 0 Å². The Kier molecular flexibility index (Phi) is 6.70. The molecule has 1 aliphatic rings. The standard InChI is InChI=1S/C17H24FNO2S/c1-2-22-11-6-16(20)19-13-17(7-9-21-10-8-17)14-4-3-5-15(18)12-14/h3-5,12H,2,6-11,13H2,1H3,(H,19,20). The van der Waals surface area contributed by atoms with Gasteiger partial charge in [0.25, 0.3) is 0 Å². The summed E-state index contributed by atoms with van der Waals surface area (Å²) in [4.78, 5) is 12.0. The third-order valence-corrected chi connectivity index (χ3v) is 5.09. The van der Waals surface area contributed by atoms with Gasteiger partial charge in [-0.2, -0.15) is 11.8 Å². The summed E-state index contributed by atoms with van der Waals surface area (Å²) in [7, 11) is 0. The maximum Gasteiger partial charge on any atom is 0.220 e. The maximum atomic E-state index is 13.6. The van der Waals surface area contributed by atoms with Crippen molar-refractivity contribution in [1.82, 2.24) is 5.32 Å². The largest absolute Gasteiger partial charge is 0.381 e. The normalized spacial score (nSPS) is 17.2. The van der Waals surface area contributed by atoms with Gasteiger partial charge in [-0.15, -0.1) is 0 Å². The Morgan fingerprint density at radius 1 is 1.41 bits per heavy atom. The van der Waals surface area contributed by atoms with Crippen LogP contribution in [0.2, 0.25) is 0 Å². The monoisotopic (exact) mass is 325 g/mol. The zero-order valence-electron chi connectivity index (χ0n) is 13.1. The van der Waals surface area contributed by atoms with Crippen LogP contribution in [-0.4, -0.2) is 37.2 Å². The number of benzene rings is 1. The van der Waals surface area contributed by atoms with E-state index < -0.39 is 0 Å². The summed E-state index contributed by atoms with van der Waals surface area (Å²) in [5, 5.41) is 3.04. The highest BCUT2D eigenvalue weighted by molar-refractivity contribution is 7.99. The third-order valence-electron chi connectivity index (χ3n) is 4.19. The summed E-state index contributed by atoms with van der Waals surface area (Å²) < 4.78 is 19.0. The second-order valence-electron chi connectivity index (χ2n) is 5.63. The van der Waals surface area contributed by atoms with E-state index in [1.54, 1.807) is 23.9 Å². The number of hydrogen-bond donors (Lipinski definition) is 1. The fourth-order valence-electron chi connectivity index (χ4n) is 2.81. The first kappa shape index (κ1) is 17.3. The molecule has 2 rings (SSSR count). The first-order valence-corrected chi connectivity index (χ1v) is 9.00. The molecular weight excluding hydrogens is 301 g/mol. The third kappa shape index (κ3) is 4.71. The van der Waals surface area contributed by atoms with Gasteiger partial charge in [-0.3, -0.25) is 4.79 Å². The summed E-state index contributed by atoms with van der Waals surface area (Å²) >= 11 is 1.76. The van der Waals surface area contributed by atoms with Crippen molar-refractivity contribution in [2.75, 3.05) is 31.3 Å². The van der Waals surface area contributed by atoms with Gasteiger partial charge in [-0.1, -0.05) is 19.1 Å². The Balaban J connectivity index is 2.02. The fourth-order valence-corrected chi connectivity index (χ4v) is 3.43. The first-order chi connectivity index (χ1) is 10.7. The van der Waals surface area contributed by atoms with Gasteiger partial charge in [0.1, 0.15) is 5.82 Å². The molecule has 0 bridgehead atoms. The quantitative estimate of drug-likeness (QED) is 0.783. The van der Waals surface area contributed by atoms with Gasteiger partial charge in [-0.05, 0) is 36.3 Å². The number of halogens is 1. The van der Waals surface area contributed by atoms with E-state index >= 15 is 0 Å². The molecule has 1 aromatic rings. The lowest BCUT2D eigenvalue weighted by molar-refractivity contribution is -0.121. The van der Waals surface area contributed by atoms with E-state index in [1.165, 1.54) is 6.07 Å². The number of carbonyl (C=O) groups excluding carboxylic acids is 1. The van der Waals surface area contributed by atoms with E-state index in [2.05, 4.69) is 12.2 Å². The topological polar surface area (TPSA) is 38.3 Å². The molecule has 0 unspecified atom stereocenters. The van der Waals surface area contributed by atoms with Crippen molar-refractivity contribution < 1.29 is 13.9 Å². The fraction of sp³-hybridized carbons (Fsp3) is 0.588. The summed E-state index contributed by atoms with van der Waals surface area (Å²) in [6.07, 6.45) is 2.15. The van der Waals surface area contributed by atoms with Crippen LogP contribution in [0.3, 0.4) is 0 Å². The van der Waals surface area contributed by atoms with Crippen LogP contribution in [0.25, 0.3) is 0 Å². The SMILES string of the molecule is CCSCCC(=O)NCC1(c2cccc(F)c2)CCOCC1. The van der Waals surface area contributed by atoms with E-state index in [4.69, 9.17) is 4.74 Å². The lowest BCUT2D eigenvalue weighted by atomic mass is 9.74. The maximum absolute atomic E-state index is 13.6. The van der Waals surface area contributed by atoms with Crippen LogP contribution in [0.4, 0.5) is 4.39 Å². The van der Waals surface area contributed by atoms with E-state index in [9.17, 15) is 9.18 Å². The predicted octanol–water partition coefficient (Wildman–Crippen LogP) is 3.13. The average molecular weight is 325 g/mol. The van der Waals surface area contributed by atoms with E-state index in [1.807, 2.05) is 6.07 Å². The molecule has 0 radical (unpaired) electrons. The first-order valence-electron chi connectivity index (χ1n) is 7.84. The van der Waals surface area contributed by atoms with Crippen LogP contribution < -0.4 is 5.32 Å². The number of amides is 1. The Hall–Kier alpha value is -1.07. The molecule has 1 fully saturated rings. The lowest BCUT2D eigenvalue weighted by Gasteiger charge is -2.38. The van der Waals surface area contributed by atoms with Crippen molar-refractivity contribution >= 4 is 17.7 Å². The van der Waals surface area contributed by atoms with Crippen LogP contribution in [0.5, 0.6) is 0 Å². The summed E-state index contributed by atoms with van der Waals surface area (Å²) in [6.45, 7) is 3.94. The minimum Gasteiger partial charge on any atom is -0.381 e. The number of hydrogen-bond acceptors (Lipinski definition) is 3. The molecule has 1 saturated heterocycles. The molecule has 1 heterocycles. The second kappa shape index (κ2) is 8.53. The van der Waals surface area contributed by atoms with E-state index in [0.29, 0.717) is 26.2 Å². The highest BCUT2D eigenvalue weighted by Gasteiger charge is 2.35. The summed E-state index contributed by atoms with van der Waals surface area (Å²) in [5.74, 6) is 1.72. The van der Waals surface area contributed by atoms with Crippen molar-refractivity contribution in [3.8, 4) is 0 Å². The molecule has 1 amide bonds. The molecule has 3 nitrogen and oxygen atoms in total. The smallest absolute Gasteiger partial charge is 0.220 e. The summed E-state index contributed by atoms with van der Waals surface area (Å²) in [6, 6.07) is 6.73. The predicted molar refractivity (Wildman–Crippen MR) is 88.8 cm³/mol. The molecule has 0 atom stereocenters. The Morgan fingerprint density at radius 2 is 2.18 bits per heavy atom. The molecule has 122 valence electrons. The van der Waals surface area contributed by atoms with Crippen LogP contribution in [-0.2, 0) is 14.9 Å². The minimum atomic E-state index is -0.228. The molecule has 0 saturated carbocycles. The zero-order chi connectivity index (χ0) is 15.8. The number of nitrogens with one attached hydrogen (secondary N) is 1. The number of thioether (sulfide) groups is 1. The van der Waals surface area contributed by atoms with Crippen molar-refractivity contribution in [3.05, 3.63) is 35.6 Å². The van der Waals surface area contributed by atoms with E-state index in [-0.39, 0.29) is 17.1 Å². The van der Waals surface area contributed by atoms with Gasteiger partial charge in [-0.25, -0.2) is 4.39 Å². The molecule has 0 aliphatic carbocycles. The van der Waals surface area contributed by atoms with Gasteiger partial charge in [0.2, 0.25) is 5.91 Å². The molecule has 1 aromatic carbocycles. The summed E-state index contributed by atoms with van der Waals surface area (Å²) in [5.41, 5.74) is 0.743. The number of carbonyl (C=O) groups is 1. The van der Waals surface area contributed by atoms with Crippen LogP contribution >= 0.6 is 11.8 Å². The van der Waals surface area contributed by atoms with Crippen molar-refractivity contribution in [1.29, 1.82) is 0 Å². The number of ether oxygens (including phenoxy) is 1. The molecule has 22 heavy (non-hydrogen) atoms. The van der Waals surface area contributed by atoms with Gasteiger partial charge < -0.3 is 10.1 Å². The molecule has 0 spiro atoms. The van der Waals surface area contributed by atoms with Gasteiger partial charge in [0.15, 0.2) is 0 Å². The van der Waals surface area contributed by atoms with Gasteiger partial charge in [0, 0.05) is 37.3 Å². The van der Waals surface area contributed by atoms with Crippen LogP contribution in [0, 0.1) is 5.82 Å². The molecule has 1 aliphatic heterocycles. The highest BCUT2D eigenvalue weighted by atomic mass is 32.2. The second-order valence-corrected chi connectivity index (χ2v) is 7.02. The van der Waals surface area contributed by atoms with E-state index in [0.717, 1.165) is 29.9 Å². The Morgan fingerprint density at radius 3 is 2.86 bits per heavy atom. The van der Waals surface area contributed by atoms with Crippen molar-refractivity contribution in [3.63, 3.8) is 0 Å². The number of rotatable bonds is 7. The average Bonchev–Trinajstić information content (AvgIpc) is 2.54. The zero-order valence-corrected chi connectivity index (χ0v) is 13.9. The Labute approximate surface area is 136 Å². The van der Waals surface area contributed by atoms with Gasteiger partial charge in [0.05, 0.1) is 0 Å². The highest BCUT2D eigenvalue weighted by Crippen LogP contribution is 2.34. The lowest BCUT2D eigenvalue weighted by Crippen LogP contribution is -2.44. The van der Waals surface area contributed by atoms with Crippen LogP contribution in [0.1, 0.15) is 31.7 Å². The molecule has 0 aromatic heterocycles.